The predicted molar refractivity (Wildman–Crippen MR) is 88.0 cm³/mol. The van der Waals surface area contributed by atoms with Crippen molar-refractivity contribution in [3.8, 4) is 5.69 Å². The minimum atomic E-state index is 0.873. The number of benzene rings is 2. The van der Waals surface area contributed by atoms with Crippen LogP contribution in [0.25, 0.3) is 16.7 Å². The van der Waals surface area contributed by atoms with Gasteiger partial charge in [0.1, 0.15) is 6.33 Å². The normalized spacial score (nSPS) is 11.2. The number of aromatic nitrogens is 2. The summed E-state index contributed by atoms with van der Waals surface area (Å²) < 4.78 is 2.19. The third-order valence-electron chi connectivity index (χ3n) is 4.08. The van der Waals surface area contributed by atoms with E-state index < -0.39 is 0 Å². The van der Waals surface area contributed by atoms with Gasteiger partial charge in [0, 0.05) is 6.54 Å². The quantitative estimate of drug-likeness (QED) is 0.792. The number of nitrogens with one attached hydrogen (secondary N) is 1. The molecule has 3 rings (SSSR count). The molecule has 0 saturated carbocycles. The van der Waals surface area contributed by atoms with Crippen LogP contribution in [-0.4, -0.2) is 16.6 Å². The Morgan fingerprint density at radius 2 is 1.76 bits per heavy atom. The summed E-state index contributed by atoms with van der Waals surface area (Å²) in [5.74, 6) is 0. The topological polar surface area (TPSA) is 29.9 Å². The summed E-state index contributed by atoms with van der Waals surface area (Å²) >= 11 is 0. The minimum Gasteiger partial charge on any atom is -0.316 e. The van der Waals surface area contributed by atoms with Crippen molar-refractivity contribution in [2.45, 2.75) is 27.3 Å². The first-order valence-corrected chi connectivity index (χ1v) is 7.29. The Balaban J connectivity index is 2.20. The Hall–Kier alpha value is -2.13. The fourth-order valence-electron chi connectivity index (χ4n) is 2.68. The minimum absolute atomic E-state index is 0.873. The molecular formula is C18H21N3. The SMILES string of the molecule is CNCc1ccc(C)c(-n2cnc3cc(C)c(C)cc32)c1. The average Bonchev–Trinajstić information content (AvgIpc) is 2.84. The molecule has 0 aliphatic heterocycles. The fraction of sp³-hybridized carbons (Fsp3) is 0.278. The lowest BCUT2D eigenvalue weighted by molar-refractivity contribution is 0.816. The second kappa shape index (κ2) is 5.34. The maximum Gasteiger partial charge on any atom is 0.100 e. The lowest BCUT2D eigenvalue weighted by Gasteiger charge is -2.11. The number of rotatable bonds is 3. The molecule has 1 aromatic heterocycles. The molecular weight excluding hydrogens is 258 g/mol. The highest BCUT2D eigenvalue weighted by Gasteiger charge is 2.09. The lowest BCUT2D eigenvalue weighted by atomic mass is 10.1. The third-order valence-corrected chi connectivity index (χ3v) is 4.08. The maximum absolute atomic E-state index is 4.56. The second-order valence-corrected chi connectivity index (χ2v) is 5.69. The molecule has 0 atom stereocenters. The van der Waals surface area contributed by atoms with E-state index in [0.717, 1.165) is 12.1 Å². The van der Waals surface area contributed by atoms with Gasteiger partial charge >= 0.3 is 0 Å². The van der Waals surface area contributed by atoms with E-state index in [1.807, 2.05) is 13.4 Å². The molecule has 3 aromatic rings. The van der Waals surface area contributed by atoms with E-state index in [0.29, 0.717) is 0 Å². The summed E-state index contributed by atoms with van der Waals surface area (Å²) in [6.07, 6.45) is 1.93. The molecule has 0 saturated heterocycles. The van der Waals surface area contributed by atoms with Crippen molar-refractivity contribution in [3.63, 3.8) is 0 Å². The molecule has 0 aliphatic carbocycles. The van der Waals surface area contributed by atoms with Crippen LogP contribution in [0.4, 0.5) is 0 Å². The molecule has 2 aromatic carbocycles. The van der Waals surface area contributed by atoms with Crippen LogP contribution >= 0.6 is 0 Å². The second-order valence-electron chi connectivity index (χ2n) is 5.69. The zero-order valence-corrected chi connectivity index (χ0v) is 13.1. The largest absolute Gasteiger partial charge is 0.316 e. The van der Waals surface area contributed by atoms with Gasteiger partial charge < -0.3 is 5.32 Å². The van der Waals surface area contributed by atoms with E-state index in [9.17, 15) is 0 Å². The molecule has 0 amide bonds. The molecule has 3 nitrogen and oxygen atoms in total. The van der Waals surface area contributed by atoms with Crippen LogP contribution in [0.15, 0.2) is 36.7 Å². The van der Waals surface area contributed by atoms with Gasteiger partial charge in [0.2, 0.25) is 0 Å². The standard InChI is InChI=1S/C18H21N3/c1-12-5-6-15(10-19-4)9-17(12)21-11-20-16-7-13(2)14(3)8-18(16)21/h5-9,11,19H,10H2,1-4H3. The molecule has 1 heterocycles. The van der Waals surface area contributed by atoms with E-state index >= 15 is 0 Å². The molecule has 0 bridgehead atoms. The zero-order chi connectivity index (χ0) is 15.0. The Bertz CT molecular complexity index is 800. The zero-order valence-electron chi connectivity index (χ0n) is 13.1. The van der Waals surface area contributed by atoms with Gasteiger partial charge in [0.15, 0.2) is 0 Å². The van der Waals surface area contributed by atoms with E-state index in [1.54, 1.807) is 0 Å². The molecule has 1 N–H and O–H groups in total. The molecule has 0 fully saturated rings. The number of fused-ring (bicyclic) bond motifs is 1. The van der Waals surface area contributed by atoms with Crippen LogP contribution < -0.4 is 5.32 Å². The maximum atomic E-state index is 4.56. The monoisotopic (exact) mass is 279 g/mol. The van der Waals surface area contributed by atoms with Gasteiger partial charge in [-0.05, 0) is 68.3 Å². The van der Waals surface area contributed by atoms with Gasteiger partial charge in [-0.15, -0.1) is 0 Å². The van der Waals surface area contributed by atoms with Crippen molar-refractivity contribution in [2.75, 3.05) is 7.05 Å². The first-order valence-electron chi connectivity index (χ1n) is 7.29. The molecule has 0 radical (unpaired) electrons. The van der Waals surface area contributed by atoms with Crippen molar-refractivity contribution in [1.29, 1.82) is 0 Å². The van der Waals surface area contributed by atoms with E-state index in [-0.39, 0.29) is 0 Å². The van der Waals surface area contributed by atoms with Gasteiger partial charge in [-0.1, -0.05) is 12.1 Å². The van der Waals surface area contributed by atoms with Crippen molar-refractivity contribution in [3.05, 3.63) is 58.9 Å². The summed E-state index contributed by atoms with van der Waals surface area (Å²) in [5.41, 5.74) is 8.55. The molecule has 108 valence electrons. The Morgan fingerprint density at radius 1 is 1.00 bits per heavy atom. The van der Waals surface area contributed by atoms with Crippen LogP contribution in [0.2, 0.25) is 0 Å². The number of hydrogen-bond acceptors (Lipinski definition) is 2. The van der Waals surface area contributed by atoms with E-state index in [2.05, 4.69) is 66.0 Å². The van der Waals surface area contributed by atoms with Crippen LogP contribution in [0.3, 0.4) is 0 Å². The molecule has 0 aliphatic rings. The first kappa shape index (κ1) is 13.8. The van der Waals surface area contributed by atoms with Crippen LogP contribution in [0, 0.1) is 20.8 Å². The van der Waals surface area contributed by atoms with Crippen molar-refractivity contribution in [2.24, 2.45) is 0 Å². The van der Waals surface area contributed by atoms with Gasteiger partial charge in [-0.25, -0.2) is 4.98 Å². The number of aryl methyl sites for hydroxylation is 3. The van der Waals surface area contributed by atoms with Crippen LogP contribution in [0.1, 0.15) is 22.3 Å². The highest BCUT2D eigenvalue weighted by atomic mass is 15.0. The van der Waals surface area contributed by atoms with Crippen LogP contribution in [-0.2, 0) is 6.54 Å². The van der Waals surface area contributed by atoms with Crippen LogP contribution in [0.5, 0.6) is 0 Å². The summed E-state index contributed by atoms with van der Waals surface area (Å²) in [5, 5.41) is 3.20. The highest BCUT2D eigenvalue weighted by molar-refractivity contribution is 5.79. The summed E-state index contributed by atoms with van der Waals surface area (Å²) in [4.78, 5) is 4.56. The Kier molecular flexibility index (Phi) is 3.52. The predicted octanol–water partition coefficient (Wildman–Crippen LogP) is 3.67. The molecule has 0 unspecified atom stereocenters. The summed E-state index contributed by atoms with van der Waals surface area (Å²) in [6, 6.07) is 11.0. The molecule has 0 spiro atoms. The Labute approximate surface area is 125 Å². The summed E-state index contributed by atoms with van der Waals surface area (Å²) in [7, 11) is 1.97. The number of nitrogens with zero attached hydrogens (tertiary/aromatic N) is 2. The van der Waals surface area contributed by atoms with Gasteiger partial charge in [-0.3, -0.25) is 4.57 Å². The fourth-order valence-corrected chi connectivity index (χ4v) is 2.68. The van der Waals surface area contributed by atoms with E-state index in [4.69, 9.17) is 0 Å². The van der Waals surface area contributed by atoms with E-state index in [1.165, 1.54) is 33.5 Å². The third kappa shape index (κ3) is 2.45. The van der Waals surface area contributed by atoms with Crippen molar-refractivity contribution in [1.82, 2.24) is 14.9 Å². The Morgan fingerprint density at radius 3 is 2.52 bits per heavy atom. The lowest BCUT2D eigenvalue weighted by Crippen LogP contribution is -2.06. The molecule has 3 heteroatoms. The number of hydrogen-bond donors (Lipinski definition) is 1. The first-order chi connectivity index (χ1) is 10.1. The highest BCUT2D eigenvalue weighted by Crippen LogP contribution is 2.24. The summed E-state index contributed by atoms with van der Waals surface area (Å²) in [6.45, 7) is 7.30. The number of imidazole rings is 1. The van der Waals surface area contributed by atoms with Crippen molar-refractivity contribution < 1.29 is 0 Å². The van der Waals surface area contributed by atoms with Gasteiger partial charge in [-0.2, -0.15) is 0 Å². The van der Waals surface area contributed by atoms with Gasteiger partial charge in [0.25, 0.3) is 0 Å². The van der Waals surface area contributed by atoms with Gasteiger partial charge in [0.05, 0.1) is 16.7 Å². The smallest absolute Gasteiger partial charge is 0.100 e. The molecule has 21 heavy (non-hydrogen) atoms. The van der Waals surface area contributed by atoms with Crippen molar-refractivity contribution >= 4 is 11.0 Å². The average molecular weight is 279 g/mol.